The molecule has 0 aromatic heterocycles. The normalized spacial score (nSPS) is 12.3. The van der Waals surface area contributed by atoms with Gasteiger partial charge in [-0.05, 0) is 44.4 Å². The van der Waals surface area contributed by atoms with Gasteiger partial charge in [-0.15, -0.1) is 0 Å². The SMILES string of the molecule is CCC(C)NCCC(=O)Nc1c(C)cc(C)cc1Cl. The second-order valence-corrected chi connectivity index (χ2v) is 5.41. The molecular weight excluding hydrogens is 260 g/mol. The highest BCUT2D eigenvalue weighted by atomic mass is 35.5. The third-order valence-corrected chi connectivity index (χ3v) is 3.45. The van der Waals surface area contributed by atoms with Gasteiger partial charge in [0.2, 0.25) is 5.91 Å². The zero-order valence-corrected chi connectivity index (χ0v) is 12.9. The first kappa shape index (κ1) is 16.0. The van der Waals surface area contributed by atoms with Gasteiger partial charge in [0, 0.05) is 19.0 Å². The van der Waals surface area contributed by atoms with Crippen LogP contribution in [0, 0.1) is 13.8 Å². The van der Waals surface area contributed by atoms with Crippen LogP contribution in [0.1, 0.15) is 37.8 Å². The molecule has 1 unspecified atom stereocenters. The van der Waals surface area contributed by atoms with Crippen LogP contribution in [0.5, 0.6) is 0 Å². The monoisotopic (exact) mass is 282 g/mol. The summed E-state index contributed by atoms with van der Waals surface area (Å²) in [5.74, 6) is -0.00958. The van der Waals surface area contributed by atoms with Crippen molar-refractivity contribution in [1.29, 1.82) is 0 Å². The first-order valence-electron chi connectivity index (χ1n) is 6.74. The van der Waals surface area contributed by atoms with E-state index < -0.39 is 0 Å². The van der Waals surface area contributed by atoms with Crippen molar-refractivity contribution in [2.24, 2.45) is 0 Å². The molecule has 0 radical (unpaired) electrons. The van der Waals surface area contributed by atoms with Crippen LogP contribution in [0.25, 0.3) is 0 Å². The molecule has 19 heavy (non-hydrogen) atoms. The van der Waals surface area contributed by atoms with E-state index in [9.17, 15) is 4.79 Å². The van der Waals surface area contributed by atoms with E-state index in [1.165, 1.54) is 0 Å². The van der Waals surface area contributed by atoms with Gasteiger partial charge in [-0.3, -0.25) is 4.79 Å². The molecule has 1 atom stereocenters. The molecule has 1 aromatic rings. The minimum absolute atomic E-state index is 0.00958. The van der Waals surface area contributed by atoms with Crippen LogP contribution < -0.4 is 10.6 Å². The van der Waals surface area contributed by atoms with Crippen molar-refractivity contribution in [3.05, 3.63) is 28.3 Å². The Morgan fingerprint density at radius 3 is 2.63 bits per heavy atom. The first-order chi connectivity index (χ1) is 8.93. The highest BCUT2D eigenvalue weighted by Gasteiger charge is 2.09. The lowest BCUT2D eigenvalue weighted by atomic mass is 10.1. The molecule has 0 saturated heterocycles. The summed E-state index contributed by atoms with van der Waals surface area (Å²) in [5.41, 5.74) is 2.81. The van der Waals surface area contributed by atoms with Gasteiger partial charge in [0.15, 0.2) is 0 Å². The maximum atomic E-state index is 11.9. The molecule has 4 heteroatoms. The van der Waals surface area contributed by atoms with E-state index in [2.05, 4.69) is 24.5 Å². The number of rotatable bonds is 6. The number of amides is 1. The van der Waals surface area contributed by atoms with Gasteiger partial charge in [-0.25, -0.2) is 0 Å². The minimum atomic E-state index is -0.00958. The number of nitrogens with one attached hydrogen (secondary N) is 2. The summed E-state index contributed by atoms with van der Waals surface area (Å²) in [7, 11) is 0. The van der Waals surface area contributed by atoms with Gasteiger partial charge < -0.3 is 10.6 Å². The Kier molecular flexibility index (Phi) is 6.32. The average molecular weight is 283 g/mol. The van der Waals surface area contributed by atoms with Crippen LogP contribution in [0.2, 0.25) is 5.02 Å². The fourth-order valence-corrected chi connectivity index (χ4v) is 2.22. The molecular formula is C15H23ClN2O. The molecule has 0 aliphatic heterocycles. The average Bonchev–Trinajstić information content (AvgIpc) is 2.33. The molecule has 0 saturated carbocycles. The first-order valence-corrected chi connectivity index (χ1v) is 7.11. The van der Waals surface area contributed by atoms with E-state index in [0.717, 1.165) is 23.2 Å². The summed E-state index contributed by atoms with van der Waals surface area (Å²) in [6.45, 7) is 8.85. The molecule has 0 aliphatic rings. The van der Waals surface area contributed by atoms with Crippen molar-refractivity contribution in [2.75, 3.05) is 11.9 Å². The van der Waals surface area contributed by atoms with E-state index in [0.29, 0.717) is 24.0 Å². The molecule has 1 aromatic carbocycles. The van der Waals surface area contributed by atoms with Crippen LogP contribution in [0.4, 0.5) is 5.69 Å². The second-order valence-electron chi connectivity index (χ2n) is 5.00. The fraction of sp³-hybridized carbons (Fsp3) is 0.533. The molecule has 0 bridgehead atoms. The number of carbonyl (C=O) groups excluding carboxylic acids is 1. The Balaban J connectivity index is 2.53. The number of anilines is 1. The number of carbonyl (C=O) groups is 1. The van der Waals surface area contributed by atoms with E-state index in [-0.39, 0.29) is 5.91 Å². The molecule has 0 fully saturated rings. The van der Waals surface area contributed by atoms with Gasteiger partial charge in [-0.1, -0.05) is 24.6 Å². The van der Waals surface area contributed by atoms with Crippen LogP contribution >= 0.6 is 11.6 Å². The van der Waals surface area contributed by atoms with E-state index >= 15 is 0 Å². The van der Waals surface area contributed by atoms with Gasteiger partial charge >= 0.3 is 0 Å². The van der Waals surface area contributed by atoms with Crippen molar-refractivity contribution >= 4 is 23.2 Å². The lowest BCUT2D eigenvalue weighted by Gasteiger charge is -2.13. The molecule has 0 spiro atoms. The lowest BCUT2D eigenvalue weighted by molar-refractivity contribution is -0.116. The van der Waals surface area contributed by atoms with Crippen LogP contribution in [-0.2, 0) is 4.79 Å². The Labute approximate surface area is 120 Å². The van der Waals surface area contributed by atoms with Crippen LogP contribution in [0.3, 0.4) is 0 Å². The van der Waals surface area contributed by atoms with E-state index in [4.69, 9.17) is 11.6 Å². The quantitative estimate of drug-likeness (QED) is 0.836. The molecule has 106 valence electrons. The number of hydrogen-bond acceptors (Lipinski definition) is 2. The molecule has 2 N–H and O–H groups in total. The smallest absolute Gasteiger partial charge is 0.225 e. The van der Waals surface area contributed by atoms with Crippen molar-refractivity contribution in [2.45, 2.75) is 46.6 Å². The predicted octanol–water partition coefficient (Wildman–Crippen LogP) is 3.67. The van der Waals surface area contributed by atoms with E-state index in [1.807, 2.05) is 26.0 Å². The van der Waals surface area contributed by atoms with Crippen molar-refractivity contribution in [3.63, 3.8) is 0 Å². The minimum Gasteiger partial charge on any atom is -0.325 e. The summed E-state index contributed by atoms with van der Waals surface area (Å²) in [6.07, 6.45) is 1.51. The summed E-state index contributed by atoms with van der Waals surface area (Å²) >= 11 is 6.16. The molecule has 1 rings (SSSR count). The molecule has 1 amide bonds. The zero-order chi connectivity index (χ0) is 14.4. The third kappa shape index (κ3) is 5.21. The lowest BCUT2D eigenvalue weighted by Crippen LogP contribution is -2.29. The third-order valence-electron chi connectivity index (χ3n) is 3.15. The zero-order valence-electron chi connectivity index (χ0n) is 12.1. The molecule has 0 heterocycles. The molecule has 0 aliphatic carbocycles. The maximum absolute atomic E-state index is 11.9. The highest BCUT2D eigenvalue weighted by molar-refractivity contribution is 6.34. The van der Waals surface area contributed by atoms with Gasteiger partial charge in [0.25, 0.3) is 0 Å². The predicted molar refractivity (Wildman–Crippen MR) is 81.9 cm³/mol. The number of aryl methyl sites for hydroxylation is 2. The van der Waals surface area contributed by atoms with Gasteiger partial charge in [0.1, 0.15) is 0 Å². The van der Waals surface area contributed by atoms with Crippen molar-refractivity contribution in [3.8, 4) is 0 Å². The second kappa shape index (κ2) is 7.51. The van der Waals surface area contributed by atoms with Crippen molar-refractivity contribution in [1.82, 2.24) is 5.32 Å². The van der Waals surface area contributed by atoms with Gasteiger partial charge in [0.05, 0.1) is 10.7 Å². The summed E-state index contributed by atoms with van der Waals surface area (Å²) in [6, 6.07) is 4.32. The Hall–Kier alpha value is -1.06. The summed E-state index contributed by atoms with van der Waals surface area (Å²) in [5, 5.41) is 6.78. The number of halogens is 1. The number of hydrogen-bond donors (Lipinski definition) is 2. The fourth-order valence-electron chi connectivity index (χ4n) is 1.85. The summed E-state index contributed by atoms with van der Waals surface area (Å²) < 4.78 is 0. The summed E-state index contributed by atoms with van der Waals surface area (Å²) in [4.78, 5) is 11.9. The standard InChI is InChI=1S/C15H23ClN2O/c1-5-12(4)17-7-6-14(19)18-15-11(3)8-10(2)9-13(15)16/h8-9,12,17H,5-7H2,1-4H3,(H,18,19). The van der Waals surface area contributed by atoms with Crippen LogP contribution in [0.15, 0.2) is 12.1 Å². The van der Waals surface area contributed by atoms with Crippen LogP contribution in [-0.4, -0.2) is 18.5 Å². The Morgan fingerprint density at radius 2 is 2.05 bits per heavy atom. The maximum Gasteiger partial charge on any atom is 0.225 e. The highest BCUT2D eigenvalue weighted by Crippen LogP contribution is 2.27. The topological polar surface area (TPSA) is 41.1 Å². The number of benzene rings is 1. The molecule has 3 nitrogen and oxygen atoms in total. The van der Waals surface area contributed by atoms with E-state index in [1.54, 1.807) is 0 Å². The van der Waals surface area contributed by atoms with Crippen molar-refractivity contribution < 1.29 is 4.79 Å². The Morgan fingerprint density at radius 1 is 1.37 bits per heavy atom. The Bertz CT molecular complexity index is 423. The largest absolute Gasteiger partial charge is 0.325 e. The van der Waals surface area contributed by atoms with Gasteiger partial charge in [-0.2, -0.15) is 0 Å².